The van der Waals surface area contributed by atoms with Gasteiger partial charge in [-0.3, -0.25) is 10.1 Å². The molecule has 0 saturated heterocycles. The van der Waals surface area contributed by atoms with Crippen molar-refractivity contribution in [2.24, 2.45) is 0 Å². The first kappa shape index (κ1) is 13.3. The van der Waals surface area contributed by atoms with Crippen LogP contribution in [0.25, 0.3) is 11.3 Å². The van der Waals surface area contributed by atoms with E-state index in [9.17, 15) is 23.3 Å². The predicted molar refractivity (Wildman–Crippen MR) is 61.2 cm³/mol. The predicted octanol–water partition coefficient (Wildman–Crippen LogP) is 3.73. The second-order valence-corrected chi connectivity index (χ2v) is 3.93. The first-order chi connectivity index (χ1) is 8.88. The van der Waals surface area contributed by atoms with Crippen molar-refractivity contribution in [2.75, 3.05) is 0 Å². The Labute approximate surface area is 109 Å². The van der Waals surface area contributed by atoms with Crippen LogP contribution in [0, 0.1) is 27.6 Å². The van der Waals surface area contributed by atoms with Gasteiger partial charge in [-0.15, -0.1) is 0 Å². The zero-order valence-electron chi connectivity index (χ0n) is 9.03. The van der Waals surface area contributed by atoms with Crippen molar-refractivity contribution in [3.8, 4) is 11.3 Å². The molecule has 0 spiro atoms. The lowest BCUT2D eigenvalue weighted by atomic mass is 10.1. The van der Waals surface area contributed by atoms with Crippen molar-refractivity contribution in [3.63, 3.8) is 0 Å². The van der Waals surface area contributed by atoms with Crippen LogP contribution in [0.4, 0.5) is 18.9 Å². The molecule has 0 unspecified atom stereocenters. The number of nitro groups is 1. The fourth-order valence-corrected chi connectivity index (χ4v) is 1.64. The Morgan fingerprint density at radius 2 is 1.68 bits per heavy atom. The van der Waals surface area contributed by atoms with Crippen LogP contribution >= 0.6 is 11.6 Å². The second-order valence-electron chi connectivity index (χ2n) is 3.54. The van der Waals surface area contributed by atoms with Gasteiger partial charge in [-0.1, -0.05) is 11.6 Å². The number of halogens is 4. The average Bonchev–Trinajstić information content (AvgIpc) is 2.34. The molecule has 0 aliphatic heterocycles. The Kier molecular flexibility index (Phi) is 3.39. The van der Waals surface area contributed by atoms with Gasteiger partial charge in [-0.2, -0.15) is 0 Å². The molecule has 2 rings (SSSR count). The zero-order chi connectivity index (χ0) is 14.2. The van der Waals surface area contributed by atoms with E-state index in [1.165, 1.54) is 0 Å². The first-order valence-electron chi connectivity index (χ1n) is 4.85. The maximum absolute atomic E-state index is 13.1. The topological polar surface area (TPSA) is 56.0 Å². The third-order valence-corrected chi connectivity index (χ3v) is 2.46. The third-order valence-electron chi connectivity index (χ3n) is 2.27. The van der Waals surface area contributed by atoms with Crippen molar-refractivity contribution < 1.29 is 18.1 Å². The lowest BCUT2D eigenvalue weighted by Crippen LogP contribution is -1.95. The van der Waals surface area contributed by atoms with E-state index in [1.807, 2.05) is 0 Å². The van der Waals surface area contributed by atoms with E-state index < -0.39 is 22.4 Å². The van der Waals surface area contributed by atoms with Crippen LogP contribution in [-0.4, -0.2) is 9.91 Å². The molecule has 8 heteroatoms. The molecule has 4 nitrogen and oxygen atoms in total. The van der Waals surface area contributed by atoms with Gasteiger partial charge in [-0.25, -0.2) is 18.2 Å². The highest BCUT2D eigenvalue weighted by Gasteiger charge is 2.16. The Hall–Kier alpha value is -2.15. The molecule has 0 bridgehead atoms. The van der Waals surface area contributed by atoms with Gasteiger partial charge in [0.25, 0.3) is 5.69 Å². The minimum Gasteiger partial charge on any atom is -0.258 e. The summed E-state index contributed by atoms with van der Waals surface area (Å²) in [6.07, 6.45) is 0. The third kappa shape index (κ3) is 2.65. The Bertz CT molecular complexity index is 656. The molecule has 0 amide bonds. The van der Waals surface area contributed by atoms with Gasteiger partial charge in [0, 0.05) is 11.6 Å². The Morgan fingerprint density at radius 1 is 1.11 bits per heavy atom. The molecule has 2 aromatic rings. The minimum atomic E-state index is -1.62. The summed E-state index contributed by atoms with van der Waals surface area (Å²) in [5.41, 5.74) is -0.667. The second kappa shape index (κ2) is 4.85. The van der Waals surface area contributed by atoms with Crippen LogP contribution in [-0.2, 0) is 0 Å². The number of aromatic nitrogens is 1. The number of hydrogen-bond acceptors (Lipinski definition) is 3. The molecule has 0 atom stereocenters. The van der Waals surface area contributed by atoms with Crippen LogP contribution in [0.15, 0.2) is 24.3 Å². The SMILES string of the molecule is O=[N+]([O-])c1cc(Cl)nc(-c2cc(F)c(F)c(F)c2)c1. The Balaban J connectivity index is 2.62. The van der Waals surface area contributed by atoms with Gasteiger partial charge < -0.3 is 0 Å². The summed E-state index contributed by atoms with van der Waals surface area (Å²) in [6.45, 7) is 0. The molecule has 0 fully saturated rings. The van der Waals surface area contributed by atoms with E-state index in [4.69, 9.17) is 11.6 Å². The largest absolute Gasteiger partial charge is 0.274 e. The summed E-state index contributed by atoms with van der Waals surface area (Å²) in [4.78, 5) is 13.6. The van der Waals surface area contributed by atoms with Gasteiger partial charge in [0.2, 0.25) is 0 Å². The number of pyridine rings is 1. The number of hydrogen-bond donors (Lipinski definition) is 0. The van der Waals surface area contributed by atoms with E-state index in [1.54, 1.807) is 0 Å². The highest BCUT2D eigenvalue weighted by Crippen LogP contribution is 2.27. The number of rotatable bonds is 2. The van der Waals surface area contributed by atoms with Crippen molar-refractivity contribution in [3.05, 3.63) is 57.0 Å². The molecule has 1 aromatic carbocycles. The highest BCUT2D eigenvalue weighted by molar-refractivity contribution is 6.29. The van der Waals surface area contributed by atoms with Crippen LogP contribution in [0.3, 0.4) is 0 Å². The summed E-state index contributed by atoms with van der Waals surface area (Å²) in [7, 11) is 0. The normalized spacial score (nSPS) is 10.5. The first-order valence-corrected chi connectivity index (χ1v) is 5.23. The highest BCUT2D eigenvalue weighted by atomic mass is 35.5. The van der Waals surface area contributed by atoms with Crippen LogP contribution in [0.5, 0.6) is 0 Å². The quantitative estimate of drug-likeness (QED) is 0.366. The van der Waals surface area contributed by atoms with Crippen LogP contribution in [0.1, 0.15) is 0 Å². The molecular formula is C11H4ClF3N2O2. The molecule has 0 aliphatic carbocycles. The molecule has 0 saturated carbocycles. The number of benzene rings is 1. The van der Waals surface area contributed by atoms with E-state index in [0.717, 1.165) is 12.1 Å². The standard InChI is InChI=1S/C11H4ClF3N2O2/c12-10-4-6(17(18)19)3-9(16-10)5-1-7(13)11(15)8(14)2-5/h1-4H. The molecule has 0 N–H and O–H groups in total. The summed E-state index contributed by atoms with van der Waals surface area (Å²) in [5, 5.41) is 10.4. The average molecular weight is 289 g/mol. The summed E-state index contributed by atoms with van der Waals surface area (Å²) >= 11 is 5.58. The van der Waals surface area contributed by atoms with Gasteiger partial charge >= 0.3 is 0 Å². The maximum Gasteiger partial charge on any atom is 0.274 e. The summed E-state index contributed by atoms with van der Waals surface area (Å²) in [5.74, 6) is -4.46. The van der Waals surface area contributed by atoms with Gasteiger partial charge in [0.05, 0.1) is 16.7 Å². The lowest BCUT2D eigenvalue weighted by molar-refractivity contribution is -0.384. The fraction of sp³-hybridized carbons (Fsp3) is 0. The molecule has 98 valence electrons. The van der Waals surface area contributed by atoms with Gasteiger partial charge in [0.1, 0.15) is 5.15 Å². The van der Waals surface area contributed by atoms with E-state index in [2.05, 4.69) is 4.98 Å². The minimum absolute atomic E-state index is 0.128. The van der Waals surface area contributed by atoms with E-state index in [0.29, 0.717) is 12.1 Å². The van der Waals surface area contributed by atoms with Crippen molar-refractivity contribution in [1.29, 1.82) is 0 Å². The monoisotopic (exact) mass is 288 g/mol. The van der Waals surface area contributed by atoms with E-state index in [-0.39, 0.29) is 22.1 Å². The van der Waals surface area contributed by atoms with Crippen LogP contribution in [0.2, 0.25) is 5.15 Å². The summed E-state index contributed by atoms with van der Waals surface area (Å²) in [6, 6.07) is 3.33. The van der Waals surface area contributed by atoms with E-state index >= 15 is 0 Å². The molecule has 19 heavy (non-hydrogen) atoms. The maximum atomic E-state index is 13.1. The molecular weight excluding hydrogens is 285 g/mol. The molecule has 1 aromatic heterocycles. The van der Waals surface area contributed by atoms with Gasteiger partial charge in [-0.05, 0) is 12.1 Å². The molecule has 0 radical (unpaired) electrons. The lowest BCUT2D eigenvalue weighted by Gasteiger charge is -2.03. The van der Waals surface area contributed by atoms with Crippen molar-refractivity contribution >= 4 is 17.3 Å². The smallest absolute Gasteiger partial charge is 0.258 e. The Morgan fingerprint density at radius 3 is 2.21 bits per heavy atom. The summed E-state index contributed by atoms with van der Waals surface area (Å²) < 4.78 is 39.0. The van der Waals surface area contributed by atoms with Crippen molar-refractivity contribution in [2.45, 2.75) is 0 Å². The molecule has 0 aliphatic rings. The van der Waals surface area contributed by atoms with Crippen molar-refractivity contribution in [1.82, 2.24) is 4.98 Å². The van der Waals surface area contributed by atoms with Gasteiger partial charge in [0.15, 0.2) is 17.5 Å². The molecule has 1 heterocycles. The van der Waals surface area contributed by atoms with Crippen LogP contribution < -0.4 is 0 Å². The number of nitrogens with zero attached hydrogens (tertiary/aromatic N) is 2. The zero-order valence-corrected chi connectivity index (χ0v) is 9.79. The fourth-order valence-electron chi connectivity index (χ4n) is 1.44.